The van der Waals surface area contributed by atoms with Gasteiger partial charge in [-0.25, -0.2) is 0 Å². The Morgan fingerprint density at radius 1 is 1.19 bits per heavy atom. The van der Waals surface area contributed by atoms with Crippen LogP contribution in [0.4, 0.5) is 0 Å². The Morgan fingerprint density at radius 3 is 2.62 bits per heavy atom. The minimum absolute atomic E-state index is 0.237. The minimum Gasteiger partial charge on any atom is -0.300 e. The topological polar surface area (TPSA) is 17.1 Å². The minimum atomic E-state index is -2.89. The summed E-state index contributed by atoms with van der Waals surface area (Å²) in [7, 11) is 0. The third-order valence-electron chi connectivity index (χ3n) is 3.84. The van der Waals surface area contributed by atoms with Crippen molar-refractivity contribution < 1.29 is 14.4 Å². The van der Waals surface area contributed by atoms with Crippen LogP contribution in [0.25, 0.3) is 0 Å². The Hall–Kier alpha value is -0.330. The smallest absolute Gasteiger partial charge is 0.132 e. The zero-order valence-corrected chi connectivity index (χ0v) is 9.96. The van der Waals surface area contributed by atoms with Gasteiger partial charge in [0.2, 0.25) is 0 Å². The van der Waals surface area contributed by atoms with Crippen molar-refractivity contribution in [2.45, 2.75) is 71.0 Å². The molecule has 0 aromatic rings. The van der Waals surface area contributed by atoms with E-state index in [9.17, 15) is 4.79 Å². The molecule has 2 rings (SSSR count). The Balaban J connectivity index is 2.27. The second kappa shape index (κ2) is 5.84. The summed E-state index contributed by atoms with van der Waals surface area (Å²) in [5, 5.41) is 0. The van der Waals surface area contributed by atoms with E-state index in [0.29, 0.717) is 18.8 Å². The van der Waals surface area contributed by atoms with Gasteiger partial charge in [-0.2, -0.15) is 0 Å². The van der Waals surface area contributed by atoms with E-state index in [2.05, 4.69) is 6.92 Å². The highest BCUT2D eigenvalue weighted by Crippen LogP contribution is 2.40. The molecule has 2 aliphatic rings. The first-order chi connectivity index (χ1) is 10.5. The zero-order valence-electron chi connectivity index (χ0n) is 17.0. The second-order valence-electron chi connectivity index (χ2n) is 5.00. The molecule has 0 aromatic heterocycles. The van der Waals surface area contributed by atoms with Gasteiger partial charge in [0.25, 0.3) is 0 Å². The van der Waals surface area contributed by atoms with E-state index >= 15 is 0 Å². The first kappa shape index (κ1) is 6.02. The Morgan fingerprint density at radius 2 is 1.94 bits per heavy atom. The van der Waals surface area contributed by atoms with Crippen LogP contribution in [0, 0.1) is 17.8 Å². The van der Waals surface area contributed by atoms with Crippen LogP contribution < -0.4 is 0 Å². The van der Waals surface area contributed by atoms with Gasteiger partial charge in [-0.05, 0) is 43.4 Å². The van der Waals surface area contributed by atoms with Crippen molar-refractivity contribution in [2.24, 2.45) is 17.8 Å². The molecular weight excluding hydrogens is 196 g/mol. The molecule has 0 heterocycles. The van der Waals surface area contributed by atoms with Gasteiger partial charge in [-0.15, -0.1) is 0 Å². The van der Waals surface area contributed by atoms with E-state index in [1.54, 1.807) is 0 Å². The Kier molecular flexibility index (Phi) is 2.20. The molecule has 0 unspecified atom stereocenters. The van der Waals surface area contributed by atoms with Crippen molar-refractivity contribution in [2.75, 3.05) is 0 Å². The van der Waals surface area contributed by atoms with Gasteiger partial charge in [0.15, 0.2) is 0 Å². The molecule has 92 valence electrons. The standard InChI is InChI=1S/C15H26O/c1-2-3-12-4-6-13(7-5-12)14-8-10-15(16)11-9-14/h12-14H,2-11H2,1H3/i8D,9D2,10D2,11D2/t8-,12?,13?,14+/m0/s1. The third-order valence-corrected chi connectivity index (χ3v) is 3.84. The lowest BCUT2D eigenvalue weighted by atomic mass is 9.70. The van der Waals surface area contributed by atoms with Crippen molar-refractivity contribution >= 4 is 5.78 Å². The molecule has 16 heavy (non-hydrogen) atoms. The van der Waals surface area contributed by atoms with Gasteiger partial charge in [0.1, 0.15) is 5.78 Å². The largest absolute Gasteiger partial charge is 0.300 e. The van der Waals surface area contributed by atoms with Crippen LogP contribution in [-0.4, -0.2) is 5.78 Å². The van der Waals surface area contributed by atoms with Crippen LogP contribution in [0.15, 0.2) is 0 Å². The van der Waals surface area contributed by atoms with Crippen molar-refractivity contribution in [3.05, 3.63) is 0 Å². The van der Waals surface area contributed by atoms with Gasteiger partial charge in [0, 0.05) is 22.3 Å². The van der Waals surface area contributed by atoms with Crippen molar-refractivity contribution in [1.82, 2.24) is 0 Å². The summed E-state index contributed by atoms with van der Waals surface area (Å²) < 4.78 is 55.9. The number of carbonyl (C=O) groups is 1. The molecular formula is C15H26O. The molecule has 2 atom stereocenters. The molecule has 0 bridgehead atoms. The maximum atomic E-state index is 12.1. The van der Waals surface area contributed by atoms with E-state index in [0.717, 1.165) is 25.7 Å². The predicted molar refractivity (Wildman–Crippen MR) is 67.3 cm³/mol. The summed E-state index contributed by atoms with van der Waals surface area (Å²) in [4.78, 5) is 12.1. The predicted octanol–water partition coefficient (Wildman–Crippen LogP) is 4.35. The van der Waals surface area contributed by atoms with Gasteiger partial charge in [-0.1, -0.05) is 32.6 Å². The summed E-state index contributed by atoms with van der Waals surface area (Å²) in [5.41, 5.74) is 0. The number of ketones is 1. The van der Waals surface area contributed by atoms with Gasteiger partial charge in [0.05, 0.1) is 0 Å². The van der Waals surface area contributed by atoms with Crippen molar-refractivity contribution in [3.8, 4) is 0 Å². The Bertz CT molecular complexity index is 455. The van der Waals surface area contributed by atoms with Crippen LogP contribution >= 0.6 is 0 Å². The molecule has 2 saturated carbocycles. The lowest BCUT2D eigenvalue weighted by molar-refractivity contribution is -0.121. The SMILES string of the molecule is [2H][C@@H]1[C@@H](C2CCC(CCC)CC2)C([2H])([2H])C([2H])([2H])C(=O)C1([2H])[2H]. The zero-order chi connectivity index (χ0) is 17.6. The molecule has 2 aliphatic carbocycles. The van der Waals surface area contributed by atoms with Crippen LogP contribution in [0.2, 0.25) is 0 Å². The monoisotopic (exact) mass is 229 g/mol. The van der Waals surface area contributed by atoms with Gasteiger partial charge >= 0.3 is 0 Å². The van der Waals surface area contributed by atoms with E-state index in [1.807, 2.05) is 0 Å². The number of Topliss-reactive ketones (excluding diaryl/α,β-unsaturated/α-hetero) is 1. The van der Waals surface area contributed by atoms with Gasteiger partial charge < -0.3 is 0 Å². The third kappa shape index (κ3) is 3.09. The fourth-order valence-electron chi connectivity index (χ4n) is 2.89. The normalized spacial score (nSPS) is 56.8. The fourth-order valence-corrected chi connectivity index (χ4v) is 2.89. The number of carbonyl (C=O) groups excluding carboxylic acids is 1. The highest BCUT2D eigenvalue weighted by Gasteiger charge is 2.29. The first-order valence-corrected chi connectivity index (χ1v) is 6.45. The van der Waals surface area contributed by atoms with E-state index in [4.69, 9.17) is 9.60 Å². The van der Waals surface area contributed by atoms with E-state index in [1.165, 1.54) is 0 Å². The van der Waals surface area contributed by atoms with E-state index < -0.39 is 37.2 Å². The average Bonchev–Trinajstić information content (AvgIpc) is 2.47. The van der Waals surface area contributed by atoms with E-state index in [-0.39, 0.29) is 5.92 Å². The summed E-state index contributed by atoms with van der Waals surface area (Å²) >= 11 is 0. The lowest BCUT2D eigenvalue weighted by Gasteiger charge is -2.35. The number of hydrogen-bond acceptors (Lipinski definition) is 1. The average molecular weight is 229 g/mol. The Labute approximate surface area is 110 Å². The molecule has 2 fully saturated rings. The molecule has 0 amide bonds. The summed E-state index contributed by atoms with van der Waals surface area (Å²) in [6.45, 7) is 2.13. The van der Waals surface area contributed by atoms with Gasteiger partial charge in [-0.3, -0.25) is 4.79 Å². The summed E-state index contributed by atoms with van der Waals surface area (Å²) in [6.07, 6.45) is -4.18. The van der Waals surface area contributed by atoms with Crippen LogP contribution in [0.3, 0.4) is 0 Å². The summed E-state index contributed by atoms with van der Waals surface area (Å²) in [5.74, 6) is -2.16. The molecule has 0 spiro atoms. The lowest BCUT2D eigenvalue weighted by Crippen LogP contribution is -2.25. The quantitative estimate of drug-likeness (QED) is 0.703. The molecule has 0 aliphatic heterocycles. The maximum absolute atomic E-state index is 12.1. The fraction of sp³-hybridized carbons (Fsp3) is 0.933. The number of rotatable bonds is 3. The number of hydrogen-bond donors (Lipinski definition) is 0. The van der Waals surface area contributed by atoms with Crippen LogP contribution in [-0.2, 0) is 4.79 Å². The molecule has 1 heteroatoms. The maximum Gasteiger partial charge on any atom is 0.132 e. The van der Waals surface area contributed by atoms with Crippen molar-refractivity contribution in [1.29, 1.82) is 0 Å². The highest BCUT2D eigenvalue weighted by molar-refractivity contribution is 5.79. The summed E-state index contributed by atoms with van der Waals surface area (Å²) in [6, 6.07) is 0. The van der Waals surface area contributed by atoms with Crippen molar-refractivity contribution in [3.63, 3.8) is 0 Å². The second-order valence-corrected chi connectivity index (χ2v) is 5.00. The molecule has 0 N–H and O–H groups in total. The van der Waals surface area contributed by atoms with Crippen LogP contribution in [0.1, 0.15) is 80.6 Å². The first-order valence-electron chi connectivity index (χ1n) is 10.0. The molecule has 0 saturated heterocycles. The highest BCUT2D eigenvalue weighted by atomic mass is 16.1. The van der Waals surface area contributed by atoms with Crippen LogP contribution in [0.5, 0.6) is 0 Å². The molecule has 1 nitrogen and oxygen atoms in total. The molecule has 0 aromatic carbocycles. The molecule has 0 radical (unpaired) electrons.